The number of benzene rings is 1. The summed E-state index contributed by atoms with van der Waals surface area (Å²) in [5.41, 5.74) is 0. The van der Waals surface area contributed by atoms with E-state index in [1.165, 1.54) is 0 Å². The van der Waals surface area contributed by atoms with Crippen molar-refractivity contribution < 1.29 is 5.11 Å². The van der Waals surface area contributed by atoms with Gasteiger partial charge in [0.05, 0.1) is 10.0 Å². The van der Waals surface area contributed by atoms with E-state index in [-0.39, 0.29) is 45.4 Å². The molecule has 0 aliphatic heterocycles. The van der Waals surface area contributed by atoms with Crippen LogP contribution < -0.4 is 0 Å². The van der Waals surface area contributed by atoms with E-state index >= 15 is 0 Å². The summed E-state index contributed by atoms with van der Waals surface area (Å²) in [4.78, 5) is 0. The van der Waals surface area contributed by atoms with Crippen molar-refractivity contribution in [1.82, 2.24) is 0 Å². The van der Waals surface area contributed by atoms with Gasteiger partial charge in [0.2, 0.25) is 0 Å². The number of aromatic hydroxyl groups is 1. The molecule has 0 amide bonds. The van der Waals surface area contributed by atoms with E-state index in [1.807, 2.05) is 22.6 Å². The average molecular weight is 347 g/mol. The van der Waals surface area contributed by atoms with E-state index in [1.54, 1.807) is 6.07 Å². The molecule has 0 atom stereocenters. The molecule has 0 aromatic heterocycles. The molecule has 0 unspecified atom stereocenters. The fourth-order valence-electron chi connectivity index (χ4n) is 0.557. The Bertz CT molecular complexity index is 279. The molecule has 1 aromatic rings. The first kappa shape index (κ1) is 13.6. The van der Waals surface area contributed by atoms with Crippen molar-refractivity contribution in [3.63, 3.8) is 0 Å². The van der Waals surface area contributed by atoms with Crippen molar-refractivity contribution in [1.29, 1.82) is 0 Å². The third-order valence-electron chi connectivity index (χ3n) is 1.09. The van der Waals surface area contributed by atoms with E-state index in [0.717, 1.165) is 3.57 Å². The van der Waals surface area contributed by atoms with Crippen molar-refractivity contribution in [2.24, 2.45) is 0 Å². The van der Waals surface area contributed by atoms with Gasteiger partial charge in [-0.25, -0.2) is 0 Å². The summed E-state index contributed by atoms with van der Waals surface area (Å²) in [5.74, 6) is -0.168. The molecule has 1 rings (SSSR count). The summed E-state index contributed by atoms with van der Waals surface area (Å²) in [6.45, 7) is 0. The van der Waals surface area contributed by atoms with Crippen LogP contribution in [0.3, 0.4) is 0 Å². The Hall–Kier alpha value is 1.62. The number of hydrogen-bond acceptors (Lipinski definition) is 1. The third-order valence-corrected chi connectivity index (χ3v) is 3.41. The predicted octanol–water partition coefficient (Wildman–Crippen LogP) is 3.31. The minimum absolute atomic E-state index is 0. The molecule has 0 heterocycles. The van der Waals surface area contributed by atoms with Crippen LogP contribution in [0.2, 0.25) is 15.1 Å². The van der Waals surface area contributed by atoms with Crippen LogP contribution in [0.4, 0.5) is 0 Å². The van der Waals surface area contributed by atoms with Crippen LogP contribution in [0.15, 0.2) is 6.07 Å². The Morgan fingerprint density at radius 3 is 2.17 bits per heavy atom. The molecule has 6 heteroatoms. The Morgan fingerprint density at radius 1 is 1.17 bits per heavy atom. The number of halogens is 4. The zero-order chi connectivity index (χ0) is 8.59. The molecule has 1 nitrogen and oxygen atoms in total. The average Bonchev–Trinajstić information content (AvgIpc) is 1.97. The first-order valence-corrected chi connectivity index (χ1v) is 4.77. The summed E-state index contributed by atoms with van der Waals surface area (Å²) in [6.07, 6.45) is 0. The van der Waals surface area contributed by atoms with Crippen LogP contribution in [0.25, 0.3) is 0 Å². The molecule has 0 saturated carbocycles. The topological polar surface area (TPSA) is 20.2 Å². The second-order valence-corrected chi connectivity index (χ2v) is 4.14. The summed E-state index contributed by atoms with van der Waals surface area (Å²) in [6, 6.07) is 1.55. The van der Waals surface area contributed by atoms with Crippen molar-refractivity contribution in [2.75, 3.05) is 0 Å². The van der Waals surface area contributed by atoms with Crippen molar-refractivity contribution in [2.45, 2.75) is 0 Å². The molecular formula is C6H3Cl3INaO. The van der Waals surface area contributed by atoms with Crippen LogP contribution in [0.1, 0.15) is 0 Å². The first-order valence-electron chi connectivity index (χ1n) is 2.56. The number of rotatable bonds is 0. The van der Waals surface area contributed by atoms with Gasteiger partial charge in [0.15, 0.2) is 5.75 Å². The normalized spacial score (nSPS) is 9.33. The number of phenols is 1. The Labute approximate surface area is 121 Å². The molecule has 0 bridgehead atoms. The molecular weight excluding hydrogens is 344 g/mol. The standard InChI is InChI=1S/C6H2Cl3IO.Na.H/c7-2-1-3(10)4(8)5(9)6(2)11;;/h1,11H;;. The van der Waals surface area contributed by atoms with Gasteiger partial charge in [0.25, 0.3) is 0 Å². The summed E-state index contributed by atoms with van der Waals surface area (Å²) < 4.78 is 0.720. The molecule has 0 aliphatic rings. The predicted molar refractivity (Wildman–Crippen MR) is 63.0 cm³/mol. The summed E-state index contributed by atoms with van der Waals surface area (Å²) in [7, 11) is 0. The van der Waals surface area contributed by atoms with E-state index in [2.05, 4.69) is 0 Å². The van der Waals surface area contributed by atoms with Crippen LogP contribution in [0.5, 0.6) is 5.75 Å². The minimum atomic E-state index is -0.168. The second-order valence-electron chi connectivity index (χ2n) is 1.82. The van der Waals surface area contributed by atoms with Crippen LogP contribution in [-0.4, -0.2) is 34.7 Å². The van der Waals surface area contributed by atoms with Gasteiger partial charge in [-0.15, -0.1) is 0 Å². The molecule has 62 valence electrons. The van der Waals surface area contributed by atoms with Crippen molar-refractivity contribution >= 4 is 87.0 Å². The maximum absolute atomic E-state index is 9.16. The molecule has 0 spiro atoms. The Morgan fingerprint density at radius 2 is 1.67 bits per heavy atom. The molecule has 0 fully saturated rings. The van der Waals surface area contributed by atoms with E-state index in [0.29, 0.717) is 5.02 Å². The quantitative estimate of drug-likeness (QED) is 0.330. The zero-order valence-corrected chi connectivity index (χ0v) is 9.46. The van der Waals surface area contributed by atoms with Crippen LogP contribution in [-0.2, 0) is 0 Å². The number of hydrogen-bond donors (Lipinski definition) is 1. The van der Waals surface area contributed by atoms with Crippen LogP contribution >= 0.6 is 57.4 Å². The van der Waals surface area contributed by atoms with E-state index < -0.39 is 0 Å². The van der Waals surface area contributed by atoms with E-state index in [9.17, 15) is 0 Å². The van der Waals surface area contributed by atoms with Gasteiger partial charge in [0.1, 0.15) is 5.02 Å². The van der Waals surface area contributed by atoms with Gasteiger partial charge in [-0.1, -0.05) is 34.8 Å². The molecule has 0 aliphatic carbocycles. The molecule has 1 aromatic carbocycles. The van der Waals surface area contributed by atoms with Crippen molar-refractivity contribution in [3.05, 3.63) is 24.7 Å². The van der Waals surface area contributed by atoms with Gasteiger partial charge < -0.3 is 5.11 Å². The van der Waals surface area contributed by atoms with Gasteiger partial charge in [-0.3, -0.25) is 0 Å². The van der Waals surface area contributed by atoms with E-state index in [4.69, 9.17) is 39.9 Å². The fourth-order valence-corrected chi connectivity index (χ4v) is 2.08. The number of phenolic OH excluding ortho intramolecular Hbond substituents is 1. The SMILES string of the molecule is Oc1c(Cl)cc(I)c(Cl)c1Cl.[NaH]. The second kappa shape index (κ2) is 5.49. The summed E-state index contributed by atoms with van der Waals surface area (Å²) in [5, 5.41) is 9.80. The molecule has 12 heavy (non-hydrogen) atoms. The van der Waals surface area contributed by atoms with Gasteiger partial charge in [-0.2, -0.15) is 0 Å². The summed E-state index contributed by atoms with van der Waals surface area (Å²) >= 11 is 18.9. The van der Waals surface area contributed by atoms with Crippen molar-refractivity contribution in [3.8, 4) is 5.75 Å². The maximum atomic E-state index is 9.16. The zero-order valence-electron chi connectivity index (χ0n) is 5.04. The molecule has 0 saturated heterocycles. The Kier molecular flexibility index (Phi) is 6.23. The Balaban J connectivity index is 0.00000121. The third kappa shape index (κ3) is 2.80. The monoisotopic (exact) mass is 346 g/mol. The first-order chi connectivity index (χ1) is 5.04. The van der Waals surface area contributed by atoms with Gasteiger partial charge in [-0.05, 0) is 28.7 Å². The molecule has 0 radical (unpaired) electrons. The van der Waals surface area contributed by atoms with Crippen LogP contribution in [0, 0.1) is 3.57 Å². The molecule has 1 N–H and O–H groups in total. The van der Waals surface area contributed by atoms with Gasteiger partial charge >= 0.3 is 29.6 Å². The van der Waals surface area contributed by atoms with Gasteiger partial charge in [0, 0.05) is 3.57 Å². The fraction of sp³-hybridized carbons (Fsp3) is 0.